The molecule has 0 amide bonds. The zero-order valence-electron chi connectivity index (χ0n) is 5.63. The van der Waals surface area contributed by atoms with Gasteiger partial charge in [0, 0.05) is 6.54 Å². The average molecular weight is 161 g/mol. The highest BCUT2D eigenvalue weighted by Crippen LogP contribution is 1.90. The molecule has 0 radical (unpaired) electrons. The van der Waals surface area contributed by atoms with Crippen LogP contribution in [0.25, 0.3) is 0 Å². The highest BCUT2D eigenvalue weighted by atomic mass is 32.1. The minimum absolute atomic E-state index is 0.142. The van der Waals surface area contributed by atoms with Crippen LogP contribution in [0.5, 0.6) is 0 Å². The fourth-order valence-electron chi connectivity index (χ4n) is 0.814. The maximum absolute atomic E-state index is 8.58. The first kappa shape index (κ1) is 7.71. The Balaban J connectivity index is 2.32. The third kappa shape index (κ3) is 1.80. The summed E-state index contributed by atoms with van der Waals surface area (Å²) in [4.78, 5) is 1.87. The van der Waals surface area contributed by atoms with Crippen LogP contribution in [0, 0.1) is 0 Å². The minimum atomic E-state index is 0.142. The molecule has 0 atom stereocenters. The van der Waals surface area contributed by atoms with E-state index in [1.807, 2.05) is 4.90 Å². The lowest BCUT2D eigenvalue weighted by Crippen LogP contribution is -2.54. The summed E-state index contributed by atoms with van der Waals surface area (Å²) in [7, 11) is 0. The predicted octanol–water partition coefficient (Wildman–Crippen LogP) is -1.33. The van der Waals surface area contributed by atoms with Gasteiger partial charge in [-0.25, -0.2) is 0 Å². The number of nitrogens with zero attached hydrogens (tertiary/aromatic N) is 1. The van der Waals surface area contributed by atoms with E-state index >= 15 is 0 Å². The Morgan fingerprint density at radius 3 is 3.10 bits per heavy atom. The van der Waals surface area contributed by atoms with E-state index in [0.29, 0.717) is 11.7 Å². The number of nitrogens with one attached hydrogen (secondary N) is 2. The van der Waals surface area contributed by atoms with Crippen molar-refractivity contribution in [1.82, 2.24) is 15.5 Å². The summed E-state index contributed by atoms with van der Waals surface area (Å²) in [5, 5.41) is 15.3. The quantitative estimate of drug-likeness (QED) is 0.438. The van der Waals surface area contributed by atoms with E-state index in [4.69, 9.17) is 17.3 Å². The molecule has 1 saturated heterocycles. The molecule has 10 heavy (non-hydrogen) atoms. The summed E-state index contributed by atoms with van der Waals surface area (Å²) >= 11 is 4.96. The van der Waals surface area contributed by atoms with Gasteiger partial charge in [-0.2, -0.15) is 0 Å². The Morgan fingerprint density at radius 2 is 2.50 bits per heavy atom. The van der Waals surface area contributed by atoms with Gasteiger partial charge < -0.3 is 15.3 Å². The second-order valence-electron chi connectivity index (χ2n) is 2.05. The van der Waals surface area contributed by atoms with Gasteiger partial charge in [-0.05, 0) is 12.2 Å². The molecule has 0 spiro atoms. The summed E-state index contributed by atoms with van der Waals surface area (Å²) in [5.74, 6) is 0. The van der Waals surface area contributed by atoms with Gasteiger partial charge in [0.2, 0.25) is 0 Å². The van der Waals surface area contributed by atoms with Crippen LogP contribution in [0.2, 0.25) is 0 Å². The molecule has 5 heteroatoms. The summed E-state index contributed by atoms with van der Waals surface area (Å²) in [6.07, 6.45) is 0. The first-order chi connectivity index (χ1) is 4.84. The van der Waals surface area contributed by atoms with Crippen LogP contribution in [0.15, 0.2) is 0 Å². The predicted molar refractivity (Wildman–Crippen MR) is 42.4 cm³/mol. The van der Waals surface area contributed by atoms with Crippen molar-refractivity contribution in [2.24, 2.45) is 0 Å². The molecule has 1 aliphatic heterocycles. The normalized spacial score (nSPS) is 18.9. The zero-order valence-corrected chi connectivity index (χ0v) is 6.45. The van der Waals surface area contributed by atoms with E-state index in [1.165, 1.54) is 0 Å². The molecule has 0 aromatic heterocycles. The first-order valence-electron chi connectivity index (χ1n) is 3.19. The molecular formula is C5H11N3OS. The van der Waals surface area contributed by atoms with Crippen molar-refractivity contribution in [3.8, 4) is 0 Å². The van der Waals surface area contributed by atoms with Gasteiger partial charge in [0.25, 0.3) is 0 Å². The maximum atomic E-state index is 8.58. The van der Waals surface area contributed by atoms with E-state index in [0.717, 1.165) is 13.3 Å². The summed E-state index contributed by atoms with van der Waals surface area (Å²) in [6.45, 7) is 2.19. The fraction of sp³-hybridized carbons (Fsp3) is 0.800. The number of hydrogen-bond donors (Lipinski definition) is 3. The lowest BCUT2D eigenvalue weighted by molar-refractivity contribution is 0.233. The first-order valence-corrected chi connectivity index (χ1v) is 3.60. The van der Waals surface area contributed by atoms with Crippen LogP contribution in [0.1, 0.15) is 0 Å². The van der Waals surface area contributed by atoms with E-state index in [2.05, 4.69) is 10.6 Å². The molecule has 0 aromatic rings. The SMILES string of the molecule is OCCN1CNCNC1=S. The van der Waals surface area contributed by atoms with E-state index < -0.39 is 0 Å². The summed E-state index contributed by atoms with van der Waals surface area (Å²) in [5.41, 5.74) is 0. The topological polar surface area (TPSA) is 47.5 Å². The lowest BCUT2D eigenvalue weighted by Gasteiger charge is -2.30. The minimum Gasteiger partial charge on any atom is -0.395 e. The average Bonchev–Trinajstić information content (AvgIpc) is 1.94. The third-order valence-corrected chi connectivity index (χ3v) is 1.73. The molecule has 1 aliphatic rings. The van der Waals surface area contributed by atoms with Crippen LogP contribution >= 0.6 is 12.2 Å². The molecule has 1 fully saturated rings. The largest absolute Gasteiger partial charge is 0.395 e. The zero-order chi connectivity index (χ0) is 7.40. The standard InChI is InChI=1S/C5H11N3OS/c9-2-1-8-4-6-3-7-5(8)10/h6,9H,1-4H2,(H,7,10). The smallest absolute Gasteiger partial charge is 0.171 e. The Kier molecular flexibility index (Phi) is 2.85. The van der Waals surface area contributed by atoms with Crippen molar-refractivity contribution in [2.45, 2.75) is 0 Å². The molecule has 58 valence electrons. The third-order valence-electron chi connectivity index (χ3n) is 1.32. The summed E-state index contributed by atoms with van der Waals surface area (Å²) < 4.78 is 0. The van der Waals surface area contributed by atoms with Gasteiger partial charge in [-0.15, -0.1) is 0 Å². The highest BCUT2D eigenvalue weighted by Gasteiger charge is 2.11. The van der Waals surface area contributed by atoms with E-state index in [-0.39, 0.29) is 6.61 Å². The van der Waals surface area contributed by atoms with E-state index in [9.17, 15) is 0 Å². The molecule has 0 aliphatic carbocycles. The maximum Gasteiger partial charge on any atom is 0.171 e. The van der Waals surface area contributed by atoms with Gasteiger partial charge in [-0.3, -0.25) is 5.32 Å². The lowest BCUT2D eigenvalue weighted by atomic mass is 10.5. The second-order valence-corrected chi connectivity index (χ2v) is 2.44. The highest BCUT2D eigenvalue weighted by molar-refractivity contribution is 7.80. The Bertz CT molecular complexity index is 128. The number of hydrogen-bond acceptors (Lipinski definition) is 3. The Morgan fingerprint density at radius 1 is 1.70 bits per heavy atom. The molecule has 0 saturated carbocycles. The molecule has 1 heterocycles. The Labute approximate surface area is 65.2 Å². The van der Waals surface area contributed by atoms with Crippen molar-refractivity contribution in [2.75, 3.05) is 26.5 Å². The molecule has 0 unspecified atom stereocenters. The van der Waals surface area contributed by atoms with E-state index in [1.54, 1.807) is 0 Å². The van der Waals surface area contributed by atoms with Crippen LogP contribution in [-0.4, -0.2) is 41.6 Å². The van der Waals surface area contributed by atoms with Gasteiger partial charge in [-0.1, -0.05) is 0 Å². The number of aliphatic hydroxyl groups is 1. The van der Waals surface area contributed by atoms with Crippen molar-refractivity contribution in [3.63, 3.8) is 0 Å². The fourth-order valence-corrected chi connectivity index (χ4v) is 1.04. The number of aliphatic hydroxyl groups excluding tert-OH is 1. The molecule has 0 aromatic carbocycles. The van der Waals surface area contributed by atoms with Crippen molar-refractivity contribution >= 4 is 17.3 Å². The van der Waals surface area contributed by atoms with Crippen LogP contribution in [-0.2, 0) is 0 Å². The van der Waals surface area contributed by atoms with Gasteiger partial charge in [0.15, 0.2) is 5.11 Å². The van der Waals surface area contributed by atoms with Crippen molar-refractivity contribution < 1.29 is 5.11 Å². The molecular weight excluding hydrogens is 150 g/mol. The van der Waals surface area contributed by atoms with Crippen LogP contribution < -0.4 is 10.6 Å². The number of thiocarbonyl (C=S) groups is 1. The van der Waals surface area contributed by atoms with Gasteiger partial charge in [0.1, 0.15) is 0 Å². The second kappa shape index (κ2) is 3.70. The Hall–Kier alpha value is -0.390. The van der Waals surface area contributed by atoms with Crippen molar-refractivity contribution in [3.05, 3.63) is 0 Å². The van der Waals surface area contributed by atoms with Crippen LogP contribution in [0.4, 0.5) is 0 Å². The number of β-amino-alcohol motifs (C(OH)–C–C–N with tert-alkyl or cyclic N) is 1. The molecule has 1 rings (SSSR count). The van der Waals surface area contributed by atoms with Gasteiger partial charge in [0.05, 0.1) is 19.9 Å². The van der Waals surface area contributed by atoms with Crippen LogP contribution in [0.3, 0.4) is 0 Å². The summed E-state index contributed by atoms with van der Waals surface area (Å²) in [6, 6.07) is 0. The molecule has 3 N–H and O–H groups in total. The molecule has 4 nitrogen and oxygen atoms in total. The number of rotatable bonds is 2. The van der Waals surface area contributed by atoms with Gasteiger partial charge >= 0.3 is 0 Å². The van der Waals surface area contributed by atoms with Crippen molar-refractivity contribution in [1.29, 1.82) is 0 Å². The molecule has 0 bridgehead atoms. The monoisotopic (exact) mass is 161 g/mol.